The van der Waals surface area contributed by atoms with Crippen LogP contribution < -0.4 is 15.4 Å². The van der Waals surface area contributed by atoms with E-state index in [2.05, 4.69) is 10.6 Å². The summed E-state index contributed by atoms with van der Waals surface area (Å²) in [6, 6.07) is 20.9. The van der Waals surface area contributed by atoms with Gasteiger partial charge in [0.1, 0.15) is 5.75 Å². The van der Waals surface area contributed by atoms with E-state index in [-0.39, 0.29) is 11.8 Å². The van der Waals surface area contributed by atoms with Gasteiger partial charge in [0.2, 0.25) is 0 Å². The third kappa shape index (κ3) is 5.54. The standard InChI is InChI=1S/C24H22N2O4/c1-16-7-9-18(10-8-16)15-25-24(29)21-5-3-4-6-22(21)26-23(28)19-11-13-20(14-12-19)30-17(2)27/h3-14H,15H2,1-2H3,(H,25,29)(H,26,28). The fourth-order valence-corrected chi connectivity index (χ4v) is 2.81. The van der Waals surface area contributed by atoms with Crippen molar-refractivity contribution in [1.82, 2.24) is 5.32 Å². The molecule has 0 spiro atoms. The Morgan fingerprint density at radius 3 is 2.17 bits per heavy atom. The van der Waals surface area contributed by atoms with Crippen LogP contribution >= 0.6 is 0 Å². The van der Waals surface area contributed by atoms with Gasteiger partial charge in [-0.3, -0.25) is 14.4 Å². The van der Waals surface area contributed by atoms with Crippen molar-refractivity contribution in [3.8, 4) is 5.75 Å². The second-order valence-electron chi connectivity index (χ2n) is 6.79. The average molecular weight is 402 g/mol. The van der Waals surface area contributed by atoms with Crippen molar-refractivity contribution < 1.29 is 19.1 Å². The molecule has 152 valence electrons. The molecule has 30 heavy (non-hydrogen) atoms. The molecule has 3 aromatic rings. The first kappa shape index (κ1) is 20.8. The van der Waals surface area contributed by atoms with E-state index in [9.17, 15) is 14.4 Å². The minimum Gasteiger partial charge on any atom is -0.427 e. The molecule has 0 fully saturated rings. The van der Waals surface area contributed by atoms with Crippen LogP contribution in [0, 0.1) is 6.92 Å². The predicted octanol–water partition coefficient (Wildman–Crippen LogP) is 4.10. The van der Waals surface area contributed by atoms with Crippen molar-refractivity contribution >= 4 is 23.5 Å². The number of ether oxygens (including phenoxy) is 1. The van der Waals surface area contributed by atoms with Gasteiger partial charge in [0.15, 0.2) is 0 Å². The number of esters is 1. The van der Waals surface area contributed by atoms with E-state index in [0.29, 0.717) is 29.1 Å². The number of amides is 2. The minimum atomic E-state index is -0.433. The van der Waals surface area contributed by atoms with Gasteiger partial charge in [-0.2, -0.15) is 0 Å². The highest BCUT2D eigenvalue weighted by atomic mass is 16.5. The van der Waals surface area contributed by atoms with Crippen LogP contribution in [0.4, 0.5) is 5.69 Å². The monoisotopic (exact) mass is 402 g/mol. The summed E-state index contributed by atoms with van der Waals surface area (Å²) in [6.45, 7) is 3.70. The molecule has 0 aliphatic heterocycles. The first-order chi connectivity index (χ1) is 14.4. The molecule has 0 aliphatic carbocycles. The lowest BCUT2D eigenvalue weighted by Crippen LogP contribution is -2.24. The quantitative estimate of drug-likeness (QED) is 0.480. The number of hydrogen-bond acceptors (Lipinski definition) is 4. The molecule has 3 aromatic carbocycles. The maximum Gasteiger partial charge on any atom is 0.308 e. The third-order valence-electron chi connectivity index (χ3n) is 4.37. The lowest BCUT2D eigenvalue weighted by molar-refractivity contribution is -0.131. The first-order valence-corrected chi connectivity index (χ1v) is 9.45. The molecule has 0 aromatic heterocycles. The van der Waals surface area contributed by atoms with E-state index in [1.165, 1.54) is 19.1 Å². The Bertz CT molecular complexity index is 1060. The molecule has 6 nitrogen and oxygen atoms in total. The Morgan fingerprint density at radius 1 is 0.833 bits per heavy atom. The van der Waals surface area contributed by atoms with Gasteiger partial charge in [0.05, 0.1) is 11.3 Å². The normalized spacial score (nSPS) is 10.2. The molecule has 3 rings (SSSR count). The van der Waals surface area contributed by atoms with Gasteiger partial charge in [-0.1, -0.05) is 42.0 Å². The van der Waals surface area contributed by atoms with Gasteiger partial charge in [-0.25, -0.2) is 0 Å². The van der Waals surface area contributed by atoms with Crippen LogP contribution in [0.2, 0.25) is 0 Å². The Hall–Kier alpha value is -3.93. The molecular formula is C24H22N2O4. The number of anilines is 1. The smallest absolute Gasteiger partial charge is 0.308 e. The zero-order valence-electron chi connectivity index (χ0n) is 16.8. The number of hydrogen-bond donors (Lipinski definition) is 2. The molecule has 6 heteroatoms. The molecule has 0 unspecified atom stereocenters. The zero-order chi connectivity index (χ0) is 21.5. The molecule has 2 amide bonds. The molecule has 2 N–H and O–H groups in total. The van der Waals surface area contributed by atoms with Crippen molar-refractivity contribution in [2.75, 3.05) is 5.32 Å². The van der Waals surface area contributed by atoms with E-state index < -0.39 is 5.97 Å². The van der Waals surface area contributed by atoms with Gasteiger partial charge < -0.3 is 15.4 Å². The van der Waals surface area contributed by atoms with Crippen LogP contribution in [0.25, 0.3) is 0 Å². The molecule has 0 radical (unpaired) electrons. The fraction of sp³-hybridized carbons (Fsp3) is 0.125. The van der Waals surface area contributed by atoms with Gasteiger partial charge in [0, 0.05) is 19.0 Å². The molecule has 0 heterocycles. The summed E-state index contributed by atoms with van der Waals surface area (Å²) in [4.78, 5) is 36.2. The van der Waals surface area contributed by atoms with Crippen LogP contribution in [-0.2, 0) is 11.3 Å². The van der Waals surface area contributed by atoms with Crippen LogP contribution in [0.15, 0.2) is 72.8 Å². The van der Waals surface area contributed by atoms with Crippen LogP contribution in [0.5, 0.6) is 5.75 Å². The van der Waals surface area contributed by atoms with E-state index >= 15 is 0 Å². The average Bonchev–Trinajstić information content (AvgIpc) is 2.73. The third-order valence-corrected chi connectivity index (χ3v) is 4.37. The largest absolute Gasteiger partial charge is 0.427 e. The lowest BCUT2D eigenvalue weighted by atomic mass is 10.1. The van der Waals surface area contributed by atoms with E-state index in [1.807, 2.05) is 31.2 Å². The first-order valence-electron chi connectivity index (χ1n) is 9.45. The SMILES string of the molecule is CC(=O)Oc1ccc(C(=O)Nc2ccccc2C(=O)NCc2ccc(C)cc2)cc1. The summed E-state index contributed by atoms with van der Waals surface area (Å²) in [5.74, 6) is -0.729. The molecule has 0 saturated heterocycles. The van der Waals surface area contributed by atoms with Crippen LogP contribution in [-0.4, -0.2) is 17.8 Å². The minimum absolute atomic E-state index is 0.281. The van der Waals surface area contributed by atoms with Crippen molar-refractivity contribution in [2.24, 2.45) is 0 Å². The van der Waals surface area contributed by atoms with Crippen molar-refractivity contribution in [3.63, 3.8) is 0 Å². The maximum absolute atomic E-state index is 12.7. The Kier molecular flexibility index (Phi) is 6.60. The molecule has 0 bridgehead atoms. The number of carbonyl (C=O) groups excluding carboxylic acids is 3. The predicted molar refractivity (Wildman–Crippen MR) is 114 cm³/mol. The molecule has 0 saturated carbocycles. The topological polar surface area (TPSA) is 84.5 Å². The summed E-state index contributed by atoms with van der Waals surface area (Å²) in [5, 5.41) is 5.64. The lowest BCUT2D eigenvalue weighted by Gasteiger charge is -2.12. The maximum atomic E-state index is 12.7. The number of para-hydroxylation sites is 1. The number of carbonyl (C=O) groups is 3. The van der Waals surface area contributed by atoms with Gasteiger partial charge in [-0.15, -0.1) is 0 Å². The molecular weight excluding hydrogens is 380 g/mol. The second-order valence-corrected chi connectivity index (χ2v) is 6.79. The molecule has 0 aliphatic rings. The number of aryl methyl sites for hydroxylation is 1. The number of benzene rings is 3. The summed E-state index contributed by atoms with van der Waals surface area (Å²) in [7, 11) is 0. The fourth-order valence-electron chi connectivity index (χ4n) is 2.81. The van der Waals surface area contributed by atoms with E-state index in [1.54, 1.807) is 36.4 Å². The van der Waals surface area contributed by atoms with Crippen molar-refractivity contribution in [1.29, 1.82) is 0 Å². The van der Waals surface area contributed by atoms with E-state index in [0.717, 1.165) is 11.1 Å². The summed E-state index contributed by atoms with van der Waals surface area (Å²) in [5.41, 5.74) is 3.30. The summed E-state index contributed by atoms with van der Waals surface area (Å²) in [6.07, 6.45) is 0. The molecule has 0 atom stereocenters. The van der Waals surface area contributed by atoms with Crippen molar-refractivity contribution in [3.05, 3.63) is 95.1 Å². The second kappa shape index (κ2) is 9.52. The number of nitrogens with one attached hydrogen (secondary N) is 2. The zero-order valence-corrected chi connectivity index (χ0v) is 16.8. The van der Waals surface area contributed by atoms with Crippen LogP contribution in [0.3, 0.4) is 0 Å². The van der Waals surface area contributed by atoms with Gasteiger partial charge in [0.25, 0.3) is 11.8 Å². The van der Waals surface area contributed by atoms with E-state index in [4.69, 9.17) is 4.74 Å². The highest BCUT2D eigenvalue weighted by Crippen LogP contribution is 2.18. The summed E-state index contributed by atoms with van der Waals surface area (Å²) >= 11 is 0. The van der Waals surface area contributed by atoms with Gasteiger partial charge in [-0.05, 0) is 48.9 Å². The summed E-state index contributed by atoms with van der Waals surface area (Å²) < 4.78 is 4.96. The number of rotatable bonds is 6. The Labute approximate surface area is 174 Å². The van der Waals surface area contributed by atoms with Crippen LogP contribution in [0.1, 0.15) is 38.8 Å². The highest BCUT2D eigenvalue weighted by molar-refractivity contribution is 6.09. The Balaban J connectivity index is 1.68. The van der Waals surface area contributed by atoms with Gasteiger partial charge >= 0.3 is 5.97 Å². The highest BCUT2D eigenvalue weighted by Gasteiger charge is 2.14. The Morgan fingerprint density at radius 2 is 1.50 bits per heavy atom. The van der Waals surface area contributed by atoms with Crippen molar-refractivity contribution in [2.45, 2.75) is 20.4 Å².